The number of nitrogens with one attached hydrogen (secondary N) is 1. The van der Waals surface area contributed by atoms with Crippen molar-refractivity contribution in [3.8, 4) is 11.3 Å². The first-order valence-electron chi connectivity index (χ1n) is 9.44. The van der Waals surface area contributed by atoms with Gasteiger partial charge in [-0.3, -0.25) is 9.48 Å². The Morgan fingerprint density at radius 3 is 2.55 bits per heavy atom. The van der Waals surface area contributed by atoms with E-state index in [1.807, 2.05) is 44.3 Å². The van der Waals surface area contributed by atoms with Crippen molar-refractivity contribution in [3.05, 3.63) is 83.3 Å². The van der Waals surface area contributed by atoms with Crippen LogP contribution in [0.4, 0.5) is 4.39 Å². The van der Waals surface area contributed by atoms with E-state index in [-0.39, 0.29) is 11.7 Å². The van der Waals surface area contributed by atoms with Gasteiger partial charge in [0.2, 0.25) is 0 Å². The molecule has 0 atom stereocenters. The summed E-state index contributed by atoms with van der Waals surface area (Å²) < 4.78 is 14.7. The molecule has 4 rings (SSSR count). The third kappa shape index (κ3) is 4.01. The van der Waals surface area contributed by atoms with Gasteiger partial charge in [0, 0.05) is 19.2 Å². The first-order valence-corrected chi connectivity index (χ1v) is 9.44. The van der Waals surface area contributed by atoms with Crippen LogP contribution < -0.4 is 5.32 Å². The van der Waals surface area contributed by atoms with E-state index in [4.69, 9.17) is 4.98 Å². The Bertz CT molecular complexity index is 1160. The average Bonchev–Trinajstić information content (AvgIpc) is 3.10. The predicted molar refractivity (Wildman–Crippen MR) is 111 cm³/mol. The maximum absolute atomic E-state index is 13.0. The van der Waals surface area contributed by atoms with Crippen LogP contribution in [0.1, 0.15) is 21.5 Å². The van der Waals surface area contributed by atoms with Crippen LogP contribution in [0.3, 0.4) is 0 Å². The minimum Gasteiger partial charge on any atom is -0.352 e. The molecule has 4 aromatic rings. The monoisotopic (exact) mass is 388 g/mol. The molecule has 0 radical (unpaired) electrons. The molecule has 0 aliphatic heterocycles. The second-order valence-electron chi connectivity index (χ2n) is 7.06. The molecule has 0 fully saturated rings. The Labute approximate surface area is 168 Å². The molecule has 1 amide bonds. The maximum atomic E-state index is 13.0. The highest BCUT2D eigenvalue weighted by Crippen LogP contribution is 2.25. The van der Waals surface area contributed by atoms with Crippen molar-refractivity contribution in [3.63, 3.8) is 0 Å². The van der Waals surface area contributed by atoms with Crippen molar-refractivity contribution in [1.82, 2.24) is 20.1 Å². The minimum absolute atomic E-state index is 0.180. The lowest BCUT2D eigenvalue weighted by atomic mass is 10.0. The fourth-order valence-electron chi connectivity index (χ4n) is 3.24. The quantitative estimate of drug-likeness (QED) is 0.561. The second kappa shape index (κ2) is 7.83. The van der Waals surface area contributed by atoms with E-state index in [0.717, 1.165) is 22.4 Å². The lowest BCUT2D eigenvalue weighted by Gasteiger charge is -2.09. The van der Waals surface area contributed by atoms with E-state index >= 15 is 0 Å². The summed E-state index contributed by atoms with van der Waals surface area (Å²) in [5.74, 6) is -0.446. The maximum Gasteiger partial charge on any atom is 0.252 e. The third-order valence-electron chi connectivity index (χ3n) is 4.91. The number of nitrogens with zero attached hydrogens (tertiary/aromatic N) is 3. The number of fused-ring (bicyclic) bond motifs is 1. The normalized spacial score (nSPS) is 11.0. The van der Waals surface area contributed by atoms with Gasteiger partial charge in [-0.15, -0.1) is 0 Å². The van der Waals surface area contributed by atoms with Crippen molar-refractivity contribution >= 4 is 16.9 Å². The number of carbonyl (C=O) groups excluding carboxylic acids is 1. The smallest absolute Gasteiger partial charge is 0.252 e. The Morgan fingerprint density at radius 2 is 1.83 bits per heavy atom. The Kier molecular flexibility index (Phi) is 5.08. The molecule has 146 valence electrons. The van der Waals surface area contributed by atoms with E-state index in [0.29, 0.717) is 29.6 Å². The van der Waals surface area contributed by atoms with Gasteiger partial charge in [0.15, 0.2) is 5.65 Å². The van der Waals surface area contributed by atoms with Gasteiger partial charge in [-0.05, 0) is 37.1 Å². The van der Waals surface area contributed by atoms with Gasteiger partial charge in [0.1, 0.15) is 5.82 Å². The fraction of sp³-hybridized carbons (Fsp3) is 0.174. The molecule has 0 saturated heterocycles. The molecule has 1 N–H and O–H groups in total. The van der Waals surface area contributed by atoms with Gasteiger partial charge in [-0.2, -0.15) is 5.10 Å². The molecule has 6 heteroatoms. The highest BCUT2D eigenvalue weighted by atomic mass is 19.1. The number of carbonyl (C=O) groups is 1. The number of hydrogen-bond acceptors (Lipinski definition) is 3. The van der Waals surface area contributed by atoms with Crippen molar-refractivity contribution in [1.29, 1.82) is 0 Å². The van der Waals surface area contributed by atoms with Crippen LogP contribution in [-0.2, 0) is 13.5 Å². The molecule has 0 unspecified atom stereocenters. The summed E-state index contributed by atoms with van der Waals surface area (Å²) in [4.78, 5) is 17.6. The lowest BCUT2D eigenvalue weighted by molar-refractivity contribution is 0.0955. The number of benzene rings is 2. The number of aryl methyl sites for hydroxylation is 2. The number of halogens is 1. The van der Waals surface area contributed by atoms with Crippen LogP contribution in [0.2, 0.25) is 0 Å². The zero-order chi connectivity index (χ0) is 20.4. The van der Waals surface area contributed by atoms with E-state index < -0.39 is 0 Å². The number of rotatable bonds is 5. The van der Waals surface area contributed by atoms with Gasteiger partial charge < -0.3 is 5.32 Å². The van der Waals surface area contributed by atoms with Crippen molar-refractivity contribution in [2.24, 2.45) is 7.05 Å². The molecular formula is C23H21FN4O. The standard InChI is InChI=1S/C23H21FN4O/c1-15-3-7-17(8-4-15)21-13-19(20-14-26-28(2)22(20)27-21)23(29)25-12-11-16-5-9-18(24)10-6-16/h3-10,13-14H,11-12H2,1-2H3,(H,25,29). The zero-order valence-corrected chi connectivity index (χ0v) is 16.3. The van der Waals surface area contributed by atoms with E-state index in [2.05, 4.69) is 10.4 Å². The van der Waals surface area contributed by atoms with Crippen molar-refractivity contribution in [2.75, 3.05) is 6.54 Å². The van der Waals surface area contributed by atoms with E-state index in [9.17, 15) is 9.18 Å². The van der Waals surface area contributed by atoms with Gasteiger partial charge in [-0.25, -0.2) is 9.37 Å². The van der Waals surface area contributed by atoms with Crippen LogP contribution >= 0.6 is 0 Å². The minimum atomic E-state index is -0.267. The van der Waals surface area contributed by atoms with Gasteiger partial charge in [0.05, 0.1) is 22.8 Å². The summed E-state index contributed by atoms with van der Waals surface area (Å²) in [7, 11) is 1.81. The molecule has 2 aromatic carbocycles. The van der Waals surface area contributed by atoms with Crippen molar-refractivity contribution < 1.29 is 9.18 Å². The van der Waals surface area contributed by atoms with E-state index in [1.165, 1.54) is 12.1 Å². The summed E-state index contributed by atoms with van der Waals surface area (Å²) in [6.07, 6.45) is 2.29. The number of aromatic nitrogens is 3. The average molecular weight is 388 g/mol. The van der Waals surface area contributed by atoms with Gasteiger partial charge in [0.25, 0.3) is 5.91 Å². The molecule has 29 heavy (non-hydrogen) atoms. The number of amides is 1. The summed E-state index contributed by atoms with van der Waals surface area (Å²) >= 11 is 0. The number of hydrogen-bond donors (Lipinski definition) is 1. The SMILES string of the molecule is Cc1ccc(-c2cc(C(=O)NCCc3ccc(F)cc3)c3cnn(C)c3n2)cc1. The molecule has 2 aromatic heterocycles. The molecule has 0 aliphatic rings. The highest BCUT2D eigenvalue weighted by Gasteiger charge is 2.16. The molecule has 0 spiro atoms. The molecule has 0 bridgehead atoms. The molecular weight excluding hydrogens is 367 g/mol. The topological polar surface area (TPSA) is 59.8 Å². The first kappa shape index (κ1) is 18.8. The predicted octanol–water partition coefficient (Wildman–Crippen LogP) is 4.06. The van der Waals surface area contributed by atoms with Crippen LogP contribution in [0.25, 0.3) is 22.3 Å². The van der Waals surface area contributed by atoms with Gasteiger partial charge in [-0.1, -0.05) is 42.0 Å². The summed E-state index contributed by atoms with van der Waals surface area (Å²) in [6, 6.07) is 16.1. The van der Waals surface area contributed by atoms with Crippen LogP contribution in [0, 0.1) is 12.7 Å². The zero-order valence-electron chi connectivity index (χ0n) is 16.3. The number of pyridine rings is 1. The summed E-state index contributed by atoms with van der Waals surface area (Å²) in [5.41, 5.74) is 5.00. The second-order valence-corrected chi connectivity index (χ2v) is 7.06. The molecule has 0 aliphatic carbocycles. The largest absolute Gasteiger partial charge is 0.352 e. The van der Waals surface area contributed by atoms with Crippen LogP contribution in [0.5, 0.6) is 0 Å². The molecule has 0 saturated carbocycles. The van der Waals surface area contributed by atoms with Crippen molar-refractivity contribution in [2.45, 2.75) is 13.3 Å². The van der Waals surface area contributed by atoms with Gasteiger partial charge >= 0.3 is 0 Å². The summed E-state index contributed by atoms with van der Waals surface area (Å²) in [6.45, 7) is 2.48. The lowest BCUT2D eigenvalue weighted by Crippen LogP contribution is -2.26. The third-order valence-corrected chi connectivity index (χ3v) is 4.91. The van der Waals surface area contributed by atoms with Crippen LogP contribution in [0.15, 0.2) is 60.8 Å². The Balaban J connectivity index is 1.60. The highest BCUT2D eigenvalue weighted by molar-refractivity contribution is 6.06. The fourth-order valence-corrected chi connectivity index (χ4v) is 3.24. The van der Waals surface area contributed by atoms with E-state index in [1.54, 1.807) is 23.0 Å². The molecule has 5 nitrogen and oxygen atoms in total. The summed E-state index contributed by atoms with van der Waals surface area (Å²) in [5, 5.41) is 7.93. The van der Waals surface area contributed by atoms with Crippen LogP contribution in [-0.4, -0.2) is 27.2 Å². The first-order chi connectivity index (χ1) is 14.0. The molecule has 2 heterocycles. The Morgan fingerprint density at radius 1 is 1.10 bits per heavy atom. The Hall–Kier alpha value is -3.54.